The summed E-state index contributed by atoms with van der Waals surface area (Å²) in [6.07, 6.45) is -4.52. The molecule has 0 aliphatic carbocycles. The molecular formula is C11H12F3NO3. The van der Waals surface area contributed by atoms with Gasteiger partial charge in [0, 0.05) is 12.3 Å². The van der Waals surface area contributed by atoms with Crippen molar-refractivity contribution in [2.75, 3.05) is 6.61 Å². The molecule has 0 fully saturated rings. The molecule has 0 aliphatic heterocycles. The lowest BCUT2D eigenvalue weighted by molar-refractivity contribution is -0.150. The monoisotopic (exact) mass is 263 g/mol. The normalized spacial score (nSPS) is 12.9. The van der Waals surface area contributed by atoms with Crippen molar-refractivity contribution >= 4 is 5.97 Å². The van der Waals surface area contributed by atoms with E-state index in [1.807, 2.05) is 0 Å². The molecule has 0 aliphatic rings. The van der Waals surface area contributed by atoms with Gasteiger partial charge < -0.3 is 9.47 Å². The summed E-state index contributed by atoms with van der Waals surface area (Å²) in [6.45, 7) is 3.16. The molecule has 4 nitrogen and oxygen atoms in total. The molecule has 1 rings (SSSR count). The minimum absolute atomic E-state index is 0.169. The van der Waals surface area contributed by atoms with Gasteiger partial charge in [-0.3, -0.25) is 0 Å². The van der Waals surface area contributed by atoms with Crippen LogP contribution >= 0.6 is 0 Å². The van der Waals surface area contributed by atoms with Crippen molar-refractivity contribution in [2.24, 2.45) is 0 Å². The Hall–Kier alpha value is -1.79. The smallest absolute Gasteiger partial charge is 0.416 e. The Kier molecular flexibility index (Phi) is 4.52. The summed E-state index contributed by atoms with van der Waals surface area (Å²) in [5, 5.41) is 0. The van der Waals surface area contributed by atoms with Crippen LogP contribution in [-0.2, 0) is 15.7 Å². The van der Waals surface area contributed by atoms with E-state index in [0.29, 0.717) is 0 Å². The topological polar surface area (TPSA) is 48.4 Å². The predicted octanol–water partition coefficient (Wildman–Crippen LogP) is 2.43. The Morgan fingerprint density at radius 1 is 1.50 bits per heavy atom. The summed E-state index contributed by atoms with van der Waals surface area (Å²) in [7, 11) is 0. The molecule has 0 bridgehead atoms. The Morgan fingerprint density at radius 2 is 2.17 bits per heavy atom. The molecule has 0 N–H and O–H groups in total. The van der Waals surface area contributed by atoms with Gasteiger partial charge in [0.25, 0.3) is 0 Å². The van der Waals surface area contributed by atoms with E-state index in [-0.39, 0.29) is 12.5 Å². The SMILES string of the molecule is CCOC(=O)C(C)Oc1cc(C(F)(F)F)ccn1. The Balaban J connectivity index is 2.76. The Labute approximate surface area is 102 Å². The van der Waals surface area contributed by atoms with Crippen molar-refractivity contribution in [1.82, 2.24) is 4.98 Å². The van der Waals surface area contributed by atoms with Gasteiger partial charge in [-0.2, -0.15) is 13.2 Å². The summed E-state index contributed by atoms with van der Waals surface area (Å²) < 4.78 is 46.9. The van der Waals surface area contributed by atoms with Crippen LogP contribution in [0, 0.1) is 0 Å². The zero-order valence-electron chi connectivity index (χ0n) is 9.82. The van der Waals surface area contributed by atoms with Gasteiger partial charge in [-0.05, 0) is 19.9 Å². The number of hydrogen-bond acceptors (Lipinski definition) is 4. The molecule has 0 aromatic carbocycles. The first kappa shape index (κ1) is 14.3. The lowest BCUT2D eigenvalue weighted by Gasteiger charge is -2.13. The van der Waals surface area contributed by atoms with E-state index < -0.39 is 23.8 Å². The highest BCUT2D eigenvalue weighted by atomic mass is 19.4. The number of ether oxygens (including phenoxy) is 2. The highest BCUT2D eigenvalue weighted by Gasteiger charge is 2.31. The van der Waals surface area contributed by atoms with Gasteiger partial charge in [-0.15, -0.1) is 0 Å². The molecule has 0 saturated carbocycles. The predicted molar refractivity (Wildman–Crippen MR) is 56.0 cm³/mol. The minimum atomic E-state index is -4.48. The number of nitrogens with zero attached hydrogens (tertiary/aromatic N) is 1. The van der Waals surface area contributed by atoms with E-state index in [1.54, 1.807) is 6.92 Å². The molecule has 1 aromatic rings. The van der Waals surface area contributed by atoms with E-state index in [0.717, 1.165) is 18.3 Å². The van der Waals surface area contributed by atoms with Crippen LogP contribution in [0.1, 0.15) is 19.4 Å². The van der Waals surface area contributed by atoms with Gasteiger partial charge in [0.2, 0.25) is 5.88 Å². The van der Waals surface area contributed by atoms with Crippen molar-refractivity contribution in [3.8, 4) is 5.88 Å². The number of pyridine rings is 1. The van der Waals surface area contributed by atoms with E-state index in [1.165, 1.54) is 6.92 Å². The van der Waals surface area contributed by atoms with Gasteiger partial charge >= 0.3 is 12.1 Å². The van der Waals surface area contributed by atoms with Crippen molar-refractivity contribution < 1.29 is 27.4 Å². The maximum absolute atomic E-state index is 12.4. The van der Waals surface area contributed by atoms with Gasteiger partial charge in [0.1, 0.15) is 0 Å². The fourth-order valence-corrected chi connectivity index (χ4v) is 1.14. The maximum Gasteiger partial charge on any atom is 0.416 e. The Bertz CT molecular complexity index is 420. The number of aromatic nitrogens is 1. The van der Waals surface area contributed by atoms with Crippen LogP contribution in [-0.4, -0.2) is 23.7 Å². The number of esters is 1. The van der Waals surface area contributed by atoms with Crippen LogP contribution in [0.25, 0.3) is 0 Å². The van der Waals surface area contributed by atoms with Gasteiger partial charge in [-0.25, -0.2) is 9.78 Å². The molecule has 1 heterocycles. The van der Waals surface area contributed by atoms with Crippen LogP contribution in [0.15, 0.2) is 18.3 Å². The summed E-state index contributed by atoms with van der Waals surface area (Å²) in [5.74, 6) is -0.929. The lowest BCUT2D eigenvalue weighted by Crippen LogP contribution is -2.26. The summed E-state index contributed by atoms with van der Waals surface area (Å²) >= 11 is 0. The van der Waals surface area contributed by atoms with Crippen molar-refractivity contribution in [2.45, 2.75) is 26.1 Å². The maximum atomic E-state index is 12.4. The van der Waals surface area contributed by atoms with Crippen molar-refractivity contribution in [3.05, 3.63) is 23.9 Å². The fourth-order valence-electron chi connectivity index (χ4n) is 1.14. The van der Waals surface area contributed by atoms with Crippen LogP contribution in [0.3, 0.4) is 0 Å². The van der Waals surface area contributed by atoms with Crippen LogP contribution in [0.5, 0.6) is 5.88 Å². The molecule has 1 aromatic heterocycles. The molecule has 18 heavy (non-hydrogen) atoms. The molecular weight excluding hydrogens is 251 g/mol. The molecule has 100 valence electrons. The summed E-state index contributed by atoms with van der Waals surface area (Å²) in [5.41, 5.74) is -0.886. The highest BCUT2D eigenvalue weighted by molar-refractivity contribution is 5.74. The zero-order valence-corrected chi connectivity index (χ0v) is 9.82. The molecule has 0 spiro atoms. The second-order valence-corrected chi connectivity index (χ2v) is 3.39. The van der Waals surface area contributed by atoms with Crippen LogP contribution in [0.2, 0.25) is 0 Å². The third-order valence-corrected chi connectivity index (χ3v) is 1.98. The number of hydrogen-bond donors (Lipinski definition) is 0. The third kappa shape index (κ3) is 3.90. The van der Waals surface area contributed by atoms with Crippen LogP contribution in [0.4, 0.5) is 13.2 Å². The zero-order chi connectivity index (χ0) is 13.8. The minimum Gasteiger partial charge on any atom is -0.463 e. The standard InChI is InChI=1S/C11H12F3NO3/c1-3-17-10(16)7(2)18-9-6-8(4-5-15-9)11(12,13)14/h4-7H,3H2,1-2H3. The van der Waals surface area contributed by atoms with E-state index in [2.05, 4.69) is 9.72 Å². The van der Waals surface area contributed by atoms with E-state index in [4.69, 9.17) is 4.74 Å². The number of halogens is 3. The molecule has 0 saturated heterocycles. The number of alkyl halides is 3. The Morgan fingerprint density at radius 3 is 2.72 bits per heavy atom. The second kappa shape index (κ2) is 5.70. The summed E-state index contributed by atoms with van der Waals surface area (Å²) in [6, 6.07) is 1.55. The van der Waals surface area contributed by atoms with Crippen molar-refractivity contribution in [3.63, 3.8) is 0 Å². The van der Waals surface area contributed by atoms with E-state index >= 15 is 0 Å². The first-order valence-corrected chi connectivity index (χ1v) is 5.21. The average molecular weight is 263 g/mol. The molecule has 0 amide bonds. The van der Waals surface area contributed by atoms with Gasteiger partial charge in [-0.1, -0.05) is 0 Å². The third-order valence-electron chi connectivity index (χ3n) is 1.98. The van der Waals surface area contributed by atoms with Crippen molar-refractivity contribution in [1.29, 1.82) is 0 Å². The van der Waals surface area contributed by atoms with Gasteiger partial charge in [0.15, 0.2) is 6.10 Å². The number of carbonyl (C=O) groups excluding carboxylic acids is 1. The number of rotatable bonds is 4. The molecule has 7 heteroatoms. The average Bonchev–Trinajstić information content (AvgIpc) is 2.28. The first-order valence-electron chi connectivity index (χ1n) is 5.21. The first-order chi connectivity index (χ1) is 8.34. The van der Waals surface area contributed by atoms with Crippen LogP contribution < -0.4 is 4.74 Å². The second-order valence-electron chi connectivity index (χ2n) is 3.39. The highest BCUT2D eigenvalue weighted by Crippen LogP contribution is 2.30. The molecule has 1 unspecified atom stereocenters. The molecule has 1 atom stereocenters. The largest absolute Gasteiger partial charge is 0.463 e. The number of carbonyl (C=O) groups is 1. The van der Waals surface area contributed by atoms with Gasteiger partial charge in [0.05, 0.1) is 12.2 Å². The van der Waals surface area contributed by atoms with E-state index in [9.17, 15) is 18.0 Å². The molecule has 0 radical (unpaired) electrons. The lowest BCUT2D eigenvalue weighted by atomic mass is 10.2. The fraction of sp³-hybridized carbons (Fsp3) is 0.455. The quantitative estimate of drug-likeness (QED) is 0.783. The summed E-state index contributed by atoms with van der Waals surface area (Å²) in [4.78, 5) is 14.8.